The molecule has 1 fully saturated rings. The molecule has 0 radical (unpaired) electrons. The van der Waals surface area contributed by atoms with Crippen LogP contribution < -0.4 is 5.32 Å². The zero-order valence-electron chi connectivity index (χ0n) is 7.86. The van der Waals surface area contributed by atoms with Gasteiger partial charge in [0.15, 0.2) is 0 Å². The maximum absolute atomic E-state index is 10.7. The summed E-state index contributed by atoms with van der Waals surface area (Å²) < 4.78 is 0. The van der Waals surface area contributed by atoms with E-state index in [-0.39, 0.29) is 0 Å². The Morgan fingerprint density at radius 2 is 2.36 bits per heavy atom. The molecule has 0 spiro atoms. The molecule has 0 aromatic heterocycles. The van der Waals surface area contributed by atoms with Gasteiger partial charge < -0.3 is 10.4 Å². The van der Waals surface area contributed by atoms with Crippen molar-refractivity contribution in [1.82, 2.24) is 5.32 Å². The fourth-order valence-corrected chi connectivity index (χ4v) is 1.86. The zero-order valence-corrected chi connectivity index (χ0v) is 7.86. The first-order valence-corrected chi connectivity index (χ1v) is 4.84. The molecule has 0 amide bonds. The highest BCUT2D eigenvalue weighted by molar-refractivity contribution is 5.87. The Bertz CT molecular complexity index is 343. The van der Waals surface area contributed by atoms with Crippen LogP contribution in [0.5, 0.6) is 0 Å². The highest BCUT2D eigenvalue weighted by atomic mass is 16.4. The summed E-state index contributed by atoms with van der Waals surface area (Å²) in [5, 5.41) is 12.2. The average molecular weight is 191 g/mol. The van der Waals surface area contributed by atoms with Crippen LogP contribution in [-0.2, 0) is 0 Å². The second-order valence-electron chi connectivity index (χ2n) is 3.58. The zero-order chi connectivity index (χ0) is 9.97. The lowest BCUT2D eigenvalue weighted by atomic mass is 10.0. The van der Waals surface area contributed by atoms with Crippen molar-refractivity contribution in [2.24, 2.45) is 0 Å². The molecule has 1 aliphatic rings. The van der Waals surface area contributed by atoms with Crippen LogP contribution in [0.2, 0.25) is 0 Å². The summed E-state index contributed by atoms with van der Waals surface area (Å²) in [6.07, 6.45) is 2.27. The molecule has 14 heavy (non-hydrogen) atoms. The Morgan fingerprint density at radius 1 is 1.50 bits per heavy atom. The van der Waals surface area contributed by atoms with Gasteiger partial charge in [-0.15, -0.1) is 0 Å². The number of benzene rings is 1. The highest BCUT2D eigenvalue weighted by Crippen LogP contribution is 2.23. The standard InChI is InChI=1S/C11H13NO2/c13-11(14)9-4-1-3-8(7-9)10-5-2-6-12-10/h1,3-4,7,10,12H,2,5-6H2,(H,13,14). The third-order valence-electron chi connectivity index (χ3n) is 2.60. The molecule has 0 bridgehead atoms. The number of carbonyl (C=O) groups is 1. The smallest absolute Gasteiger partial charge is 0.335 e. The van der Waals surface area contributed by atoms with Gasteiger partial charge in [-0.2, -0.15) is 0 Å². The number of aromatic carboxylic acids is 1. The van der Waals surface area contributed by atoms with Gasteiger partial charge in [-0.05, 0) is 37.1 Å². The largest absolute Gasteiger partial charge is 0.478 e. The van der Waals surface area contributed by atoms with Crippen LogP contribution in [0.3, 0.4) is 0 Å². The molecule has 1 aromatic carbocycles. The number of carboxylic acids is 1. The SMILES string of the molecule is O=C(O)c1cccc(C2CCCN2)c1. The number of nitrogens with one attached hydrogen (secondary N) is 1. The Hall–Kier alpha value is -1.35. The molecule has 1 unspecified atom stereocenters. The van der Waals surface area contributed by atoms with E-state index >= 15 is 0 Å². The molecule has 0 saturated carbocycles. The van der Waals surface area contributed by atoms with E-state index in [1.54, 1.807) is 18.2 Å². The molecule has 2 rings (SSSR count). The van der Waals surface area contributed by atoms with E-state index in [9.17, 15) is 4.79 Å². The predicted molar refractivity (Wildman–Crippen MR) is 53.4 cm³/mol. The van der Waals surface area contributed by atoms with Gasteiger partial charge in [0, 0.05) is 6.04 Å². The molecule has 1 saturated heterocycles. The van der Waals surface area contributed by atoms with Crippen molar-refractivity contribution in [3.63, 3.8) is 0 Å². The molecule has 1 aliphatic heterocycles. The van der Waals surface area contributed by atoms with Crippen LogP contribution in [0.15, 0.2) is 24.3 Å². The van der Waals surface area contributed by atoms with Crippen molar-refractivity contribution in [1.29, 1.82) is 0 Å². The van der Waals surface area contributed by atoms with Gasteiger partial charge in [0.05, 0.1) is 5.56 Å². The van der Waals surface area contributed by atoms with Crippen molar-refractivity contribution in [2.75, 3.05) is 6.54 Å². The monoisotopic (exact) mass is 191 g/mol. The Morgan fingerprint density at radius 3 is 3.00 bits per heavy atom. The quantitative estimate of drug-likeness (QED) is 0.749. The highest BCUT2D eigenvalue weighted by Gasteiger charge is 2.16. The Kier molecular flexibility index (Phi) is 2.50. The fourth-order valence-electron chi connectivity index (χ4n) is 1.86. The normalized spacial score (nSPS) is 21.0. The molecule has 74 valence electrons. The number of carboxylic acid groups (broad SMARTS) is 1. The summed E-state index contributed by atoms with van der Waals surface area (Å²) in [5.74, 6) is -0.857. The Balaban J connectivity index is 2.25. The summed E-state index contributed by atoms with van der Waals surface area (Å²) in [4.78, 5) is 10.7. The van der Waals surface area contributed by atoms with E-state index in [0.717, 1.165) is 18.5 Å². The minimum Gasteiger partial charge on any atom is -0.478 e. The summed E-state index contributed by atoms with van der Waals surface area (Å²) >= 11 is 0. The third-order valence-corrected chi connectivity index (χ3v) is 2.60. The van der Waals surface area contributed by atoms with Crippen LogP contribution >= 0.6 is 0 Å². The van der Waals surface area contributed by atoms with Gasteiger partial charge in [0.25, 0.3) is 0 Å². The van der Waals surface area contributed by atoms with Crippen molar-refractivity contribution in [3.8, 4) is 0 Å². The van der Waals surface area contributed by atoms with Crippen molar-refractivity contribution >= 4 is 5.97 Å². The van der Waals surface area contributed by atoms with Gasteiger partial charge >= 0.3 is 5.97 Å². The summed E-state index contributed by atoms with van der Waals surface area (Å²) in [6.45, 7) is 1.03. The second kappa shape index (κ2) is 3.80. The summed E-state index contributed by atoms with van der Waals surface area (Å²) in [6, 6.07) is 7.51. The fraction of sp³-hybridized carbons (Fsp3) is 0.364. The van der Waals surface area contributed by atoms with Gasteiger partial charge in [-0.1, -0.05) is 12.1 Å². The van der Waals surface area contributed by atoms with E-state index in [1.165, 1.54) is 6.42 Å². The maximum Gasteiger partial charge on any atom is 0.335 e. The van der Waals surface area contributed by atoms with Crippen molar-refractivity contribution in [3.05, 3.63) is 35.4 Å². The average Bonchev–Trinajstić information content (AvgIpc) is 2.71. The lowest BCUT2D eigenvalue weighted by molar-refractivity contribution is 0.0696. The molecule has 1 aromatic rings. The molecular weight excluding hydrogens is 178 g/mol. The first-order chi connectivity index (χ1) is 6.77. The van der Waals surface area contributed by atoms with Crippen LogP contribution in [0.1, 0.15) is 34.8 Å². The van der Waals surface area contributed by atoms with Crippen molar-refractivity contribution in [2.45, 2.75) is 18.9 Å². The van der Waals surface area contributed by atoms with E-state index in [2.05, 4.69) is 5.32 Å². The lowest BCUT2D eigenvalue weighted by Crippen LogP contribution is -2.13. The molecular formula is C11H13NO2. The van der Waals surface area contributed by atoms with Crippen molar-refractivity contribution < 1.29 is 9.90 Å². The first kappa shape index (κ1) is 9.21. The predicted octanol–water partition coefficient (Wildman–Crippen LogP) is 1.81. The maximum atomic E-state index is 10.7. The molecule has 0 aliphatic carbocycles. The number of rotatable bonds is 2. The molecule has 2 N–H and O–H groups in total. The lowest BCUT2D eigenvalue weighted by Gasteiger charge is -2.10. The van der Waals surface area contributed by atoms with E-state index in [4.69, 9.17) is 5.11 Å². The Labute approximate surface area is 82.8 Å². The topological polar surface area (TPSA) is 49.3 Å². The van der Waals surface area contributed by atoms with Gasteiger partial charge in [-0.3, -0.25) is 0 Å². The first-order valence-electron chi connectivity index (χ1n) is 4.84. The minimum atomic E-state index is -0.857. The van der Waals surface area contributed by atoms with Crippen LogP contribution in [0.4, 0.5) is 0 Å². The van der Waals surface area contributed by atoms with Gasteiger partial charge in [0.2, 0.25) is 0 Å². The summed E-state index contributed by atoms with van der Waals surface area (Å²) in [7, 11) is 0. The number of hydrogen-bond donors (Lipinski definition) is 2. The van der Waals surface area contributed by atoms with E-state index in [0.29, 0.717) is 11.6 Å². The molecule has 1 heterocycles. The van der Waals surface area contributed by atoms with E-state index in [1.807, 2.05) is 6.07 Å². The van der Waals surface area contributed by atoms with Gasteiger partial charge in [0.1, 0.15) is 0 Å². The second-order valence-corrected chi connectivity index (χ2v) is 3.58. The molecule has 1 atom stereocenters. The molecule has 3 nitrogen and oxygen atoms in total. The summed E-state index contributed by atoms with van der Waals surface area (Å²) in [5.41, 5.74) is 1.46. The van der Waals surface area contributed by atoms with Crippen LogP contribution in [0, 0.1) is 0 Å². The van der Waals surface area contributed by atoms with E-state index < -0.39 is 5.97 Å². The third kappa shape index (κ3) is 1.77. The van der Waals surface area contributed by atoms with Gasteiger partial charge in [-0.25, -0.2) is 4.79 Å². The van der Waals surface area contributed by atoms with Crippen LogP contribution in [-0.4, -0.2) is 17.6 Å². The minimum absolute atomic E-state index is 0.342. The number of hydrogen-bond acceptors (Lipinski definition) is 2. The van der Waals surface area contributed by atoms with Crippen LogP contribution in [0.25, 0.3) is 0 Å². The molecule has 3 heteroatoms.